The van der Waals surface area contributed by atoms with E-state index in [-0.39, 0.29) is 0 Å². The van der Waals surface area contributed by atoms with Crippen molar-refractivity contribution in [1.82, 2.24) is 9.78 Å². The van der Waals surface area contributed by atoms with Gasteiger partial charge in [-0.1, -0.05) is 18.2 Å². The van der Waals surface area contributed by atoms with Crippen LogP contribution in [0.15, 0.2) is 12.8 Å². The van der Waals surface area contributed by atoms with Crippen LogP contribution in [0.4, 0.5) is 0 Å². The molecule has 0 unspecified atom stereocenters. The van der Waals surface area contributed by atoms with Crippen LogP contribution in [0, 0.1) is 0 Å². The Balaban J connectivity index is 3.04. The summed E-state index contributed by atoms with van der Waals surface area (Å²) in [5.41, 5.74) is 0.750. The summed E-state index contributed by atoms with van der Waals surface area (Å²) in [7, 11) is 0. The highest BCUT2D eigenvalue weighted by Crippen LogP contribution is 2.17. The lowest BCUT2D eigenvalue weighted by molar-refractivity contribution is 0.531. The highest BCUT2D eigenvalue weighted by Gasteiger charge is 2.04. The fraction of sp³-hybridized carbons (Fsp3) is 0.375. The third-order valence-corrected chi connectivity index (χ3v) is 1.73. The Morgan fingerprint density at radius 3 is 2.64 bits per heavy atom. The molecule has 11 heavy (non-hydrogen) atoms. The standard InChI is InChI=1S/C8H11ClN2/c1-4-8-7(9)5-11(10-8)6(2)3/h4-6H,1H2,2-3H3. The van der Waals surface area contributed by atoms with Gasteiger partial charge in [-0.15, -0.1) is 0 Å². The van der Waals surface area contributed by atoms with Crippen molar-refractivity contribution in [3.05, 3.63) is 23.5 Å². The topological polar surface area (TPSA) is 17.8 Å². The molecule has 0 radical (unpaired) electrons. The fourth-order valence-electron chi connectivity index (χ4n) is 0.786. The Labute approximate surface area is 71.5 Å². The summed E-state index contributed by atoms with van der Waals surface area (Å²) < 4.78 is 1.82. The van der Waals surface area contributed by atoms with Crippen LogP contribution in [0.25, 0.3) is 6.08 Å². The quantitative estimate of drug-likeness (QED) is 0.668. The molecule has 0 aromatic carbocycles. The Morgan fingerprint density at radius 1 is 1.73 bits per heavy atom. The van der Waals surface area contributed by atoms with Gasteiger partial charge in [-0.3, -0.25) is 4.68 Å². The molecule has 0 bridgehead atoms. The van der Waals surface area contributed by atoms with Crippen molar-refractivity contribution in [3.63, 3.8) is 0 Å². The summed E-state index contributed by atoms with van der Waals surface area (Å²) in [6.07, 6.45) is 3.46. The number of hydrogen-bond donors (Lipinski definition) is 0. The van der Waals surface area contributed by atoms with E-state index in [1.54, 1.807) is 6.08 Å². The van der Waals surface area contributed by atoms with Crippen LogP contribution < -0.4 is 0 Å². The van der Waals surface area contributed by atoms with E-state index in [0.717, 1.165) is 5.69 Å². The number of nitrogens with zero attached hydrogens (tertiary/aromatic N) is 2. The molecule has 0 saturated carbocycles. The van der Waals surface area contributed by atoms with E-state index in [1.807, 2.05) is 10.9 Å². The molecule has 0 spiro atoms. The van der Waals surface area contributed by atoms with E-state index >= 15 is 0 Å². The summed E-state index contributed by atoms with van der Waals surface area (Å²) in [5, 5.41) is 4.86. The molecule has 0 aliphatic heterocycles. The molecular weight excluding hydrogens is 160 g/mol. The monoisotopic (exact) mass is 170 g/mol. The second kappa shape index (κ2) is 3.09. The van der Waals surface area contributed by atoms with Gasteiger partial charge in [0.2, 0.25) is 0 Å². The minimum absolute atomic E-state index is 0.348. The molecule has 1 rings (SSSR count). The lowest BCUT2D eigenvalue weighted by Gasteiger charge is -2.02. The van der Waals surface area contributed by atoms with E-state index in [1.165, 1.54) is 0 Å². The van der Waals surface area contributed by atoms with Crippen molar-refractivity contribution in [1.29, 1.82) is 0 Å². The maximum absolute atomic E-state index is 5.83. The highest BCUT2D eigenvalue weighted by molar-refractivity contribution is 6.31. The largest absolute Gasteiger partial charge is 0.268 e. The molecule has 1 heterocycles. The second-order valence-corrected chi connectivity index (χ2v) is 3.05. The zero-order chi connectivity index (χ0) is 8.43. The van der Waals surface area contributed by atoms with Crippen molar-refractivity contribution in [2.24, 2.45) is 0 Å². The first-order chi connectivity index (χ1) is 5.15. The van der Waals surface area contributed by atoms with Gasteiger partial charge in [0.25, 0.3) is 0 Å². The Morgan fingerprint density at radius 2 is 2.36 bits per heavy atom. The van der Waals surface area contributed by atoms with E-state index in [0.29, 0.717) is 11.1 Å². The second-order valence-electron chi connectivity index (χ2n) is 2.64. The minimum Gasteiger partial charge on any atom is -0.268 e. The number of halogens is 1. The lowest BCUT2D eigenvalue weighted by Crippen LogP contribution is -2.00. The molecular formula is C8H11ClN2. The highest BCUT2D eigenvalue weighted by atomic mass is 35.5. The molecule has 0 amide bonds. The first-order valence-corrected chi connectivity index (χ1v) is 3.90. The van der Waals surface area contributed by atoms with Gasteiger partial charge in [0.15, 0.2) is 0 Å². The zero-order valence-electron chi connectivity index (χ0n) is 6.71. The van der Waals surface area contributed by atoms with Gasteiger partial charge < -0.3 is 0 Å². The van der Waals surface area contributed by atoms with Crippen LogP contribution in [0.2, 0.25) is 5.02 Å². The van der Waals surface area contributed by atoms with Crippen molar-refractivity contribution in [3.8, 4) is 0 Å². The first kappa shape index (κ1) is 8.34. The summed E-state index contributed by atoms with van der Waals surface area (Å²) in [6, 6.07) is 0.348. The van der Waals surface area contributed by atoms with Crippen molar-refractivity contribution < 1.29 is 0 Å². The van der Waals surface area contributed by atoms with Crippen LogP contribution in [0.1, 0.15) is 25.6 Å². The molecule has 0 aliphatic carbocycles. The third kappa shape index (κ3) is 1.63. The molecule has 2 nitrogen and oxygen atoms in total. The first-order valence-electron chi connectivity index (χ1n) is 3.52. The van der Waals surface area contributed by atoms with E-state index < -0.39 is 0 Å². The lowest BCUT2D eigenvalue weighted by atomic mass is 10.4. The van der Waals surface area contributed by atoms with Crippen molar-refractivity contribution in [2.45, 2.75) is 19.9 Å². The zero-order valence-corrected chi connectivity index (χ0v) is 7.47. The van der Waals surface area contributed by atoms with Gasteiger partial charge in [0.05, 0.1) is 5.02 Å². The summed E-state index contributed by atoms with van der Waals surface area (Å²) in [5.74, 6) is 0. The predicted octanol–water partition coefficient (Wildman–Crippen LogP) is 2.76. The smallest absolute Gasteiger partial charge is 0.103 e. The SMILES string of the molecule is C=Cc1nn(C(C)C)cc1Cl. The Bertz CT molecular complexity index is 263. The van der Waals surface area contributed by atoms with Gasteiger partial charge in [-0.25, -0.2) is 0 Å². The molecule has 0 N–H and O–H groups in total. The van der Waals surface area contributed by atoms with E-state index in [4.69, 9.17) is 11.6 Å². The van der Waals surface area contributed by atoms with Gasteiger partial charge >= 0.3 is 0 Å². The van der Waals surface area contributed by atoms with Crippen LogP contribution in [0.5, 0.6) is 0 Å². The molecule has 3 heteroatoms. The van der Waals surface area contributed by atoms with Crippen molar-refractivity contribution in [2.75, 3.05) is 0 Å². The van der Waals surface area contributed by atoms with Gasteiger partial charge in [-0.05, 0) is 19.9 Å². The Kier molecular flexibility index (Phi) is 2.35. The summed E-state index contributed by atoms with van der Waals surface area (Å²) in [4.78, 5) is 0. The van der Waals surface area contributed by atoms with Gasteiger partial charge in [0, 0.05) is 12.2 Å². The average molecular weight is 171 g/mol. The number of aromatic nitrogens is 2. The maximum Gasteiger partial charge on any atom is 0.103 e. The molecule has 0 aliphatic rings. The molecule has 0 saturated heterocycles. The predicted molar refractivity (Wildman–Crippen MR) is 47.7 cm³/mol. The average Bonchev–Trinajstić information content (AvgIpc) is 2.31. The molecule has 60 valence electrons. The van der Waals surface area contributed by atoms with Crippen LogP contribution in [0.3, 0.4) is 0 Å². The maximum atomic E-state index is 5.83. The molecule has 0 atom stereocenters. The minimum atomic E-state index is 0.348. The normalized spacial score (nSPS) is 10.5. The molecule has 1 aromatic heterocycles. The van der Waals surface area contributed by atoms with Crippen LogP contribution in [-0.2, 0) is 0 Å². The Hall–Kier alpha value is -0.760. The number of rotatable bonds is 2. The fourth-order valence-corrected chi connectivity index (χ4v) is 1.00. The van der Waals surface area contributed by atoms with Crippen molar-refractivity contribution >= 4 is 17.7 Å². The van der Waals surface area contributed by atoms with E-state index in [2.05, 4.69) is 25.5 Å². The summed E-state index contributed by atoms with van der Waals surface area (Å²) in [6.45, 7) is 7.71. The van der Waals surface area contributed by atoms with Gasteiger partial charge in [-0.2, -0.15) is 5.10 Å². The van der Waals surface area contributed by atoms with E-state index in [9.17, 15) is 0 Å². The number of hydrogen-bond acceptors (Lipinski definition) is 1. The summed E-state index contributed by atoms with van der Waals surface area (Å²) >= 11 is 5.83. The molecule has 1 aromatic rings. The third-order valence-electron chi connectivity index (χ3n) is 1.44. The molecule has 0 fully saturated rings. The van der Waals surface area contributed by atoms with Gasteiger partial charge in [0.1, 0.15) is 5.69 Å². The van der Waals surface area contributed by atoms with Crippen LogP contribution in [-0.4, -0.2) is 9.78 Å². The van der Waals surface area contributed by atoms with Crippen LogP contribution >= 0.6 is 11.6 Å².